The van der Waals surface area contributed by atoms with Crippen molar-refractivity contribution in [2.75, 3.05) is 19.7 Å². The molecule has 0 aromatic heterocycles. The Balaban J connectivity index is 1.96. The summed E-state index contributed by atoms with van der Waals surface area (Å²) in [5.41, 5.74) is -0.537. The van der Waals surface area contributed by atoms with Gasteiger partial charge in [-0.25, -0.2) is 0 Å². The molecule has 1 aliphatic heterocycles. The number of nitrogens with zero attached hydrogens (tertiary/aromatic N) is 1. The maximum atomic E-state index is 10.1. The van der Waals surface area contributed by atoms with Crippen LogP contribution in [-0.4, -0.2) is 47.4 Å². The standard InChI is InChI=1S/C12H23NO2/c1-3-12(2,14)9-13-7-8-15-11-6-4-5-10(11)13/h10-11,14H,3-9H2,1-2H3. The molecule has 1 heterocycles. The summed E-state index contributed by atoms with van der Waals surface area (Å²) in [6.45, 7) is 6.60. The van der Waals surface area contributed by atoms with E-state index in [0.29, 0.717) is 12.1 Å². The summed E-state index contributed by atoms with van der Waals surface area (Å²) in [6.07, 6.45) is 4.98. The lowest BCUT2D eigenvalue weighted by Crippen LogP contribution is -2.53. The van der Waals surface area contributed by atoms with E-state index in [1.807, 2.05) is 13.8 Å². The molecule has 3 nitrogen and oxygen atoms in total. The van der Waals surface area contributed by atoms with E-state index in [9.17, 15) is 5.11 Å². The molecular weight excluding hydrogens is 190 g/mol. The van der Waals surface area contributed by atoms with E-state index in [-0.39, 0.29) is 0 Å². The summed E-state index contributed by atoms with van der Waals surface area (Å²) in [5.74, 6) is 0. The Morgan fingerprint density at radius 2 is 2.27 bits per heavy atom. The van der Waals surface area contributed by atoms with Gasteiger partial charge in [0.25, 0.3) is 0 Å². The first-order valence-corrected chi connectivity index (χ1v) is 6.20. The molecule has 0 spiro atoms. The minimum atomic E-state index is -0.537. The monoisotopic (exact) mass is 213 g/mol. The number of fused-ring (bicyclic) bond motifs is 1. The Morgan fingerprint density at radius 3 is 3.00 bits per heavy atom. The van der Waals surface area contributed by atoms with Gasteiger partial charge in [0, 0.05) is 19.1 Å². The summed E-state index contributed by atoms with van der Waals surface area (Å²) < 4.78 is 5.76. The highest BCUT2D eigenvalue weighted by atomic mass is 16.5. The molecule has 0 amide bonds. The molecule has 3 unspecified atom stereocenters. The molecule has 1 saturated carbocycles. The van der Waals surface area contributed by atoms with Crippen LogP contribution in [0.2, 0.25) is 0 Å². The predicted molar refractivity (Wildman–Crippen MR) is 59.9 cm³/mol. The maximum Gasteiger partial charge on any atom is 0.0743 e. The van der Waals surface area contributed by atoms with Crippen molar-refractivity contribution in [3.8, 4) is 0 Å². The normalized spacial score (nSPS) is 36.2. The molecule has 0 radical (unpaired) electrons. The molecule has 1 aliphatic carbocycles. The highest BCUT2D eigenvalue weighted by molar-refractivity contribution is 4.91. The van der Waals surface area contributed by atoms with Crippen molar-refractivity contribution in [2.45, 2.75) is 57.3 Å². The quantitative estimate of drug-likeness (QED) is 0.769. The van der Waals surface area contributed by atoms with Crippen molar-refractivity contribution < 1.29 is 9.84 Å². The van der Waals surface area contributed by atoms with Crippen LogP contribution < -0.4 is 0 Å². The summed E-state index contributed by atoms with van der Waals surface area (Å²) >= 11 is 0. The summed E-state index contributed by atoms with van der Waals surface area (Å²) in [6, 6.07) is 0.566. The Hall–Kier alpha value is -0.120. The van der Waals surface area contributed by atoms with Gasteiger partial charge in [-0.3, -0.25) is 4.90 Å². The van der Waals surface area contributed by atoms with Crippen LogP contribution in [0.1, 0.15) is 39.5 Å². The van der Waals surface area contributed by atoms with Gasteiger partial charge in [0.05, 0.1) is 18.3 Å². The molecule has 15 heavy (non-hydrogen) atoms. The van der Waals surface area contributed by atoms with E-state index in [2.05, 4.69) is 4.90 Å². The molecule has 1 N–H and O–H groups in total. The van der Waals surface area contributed by atoms with Gasteiger partial charge in [-0.2, -0.15) is 0 Å². The first-order valence-electron chi connectivity index (χ1n) is 6.20. The number of hydrogen-bond acceptors (Lipinski definition) is 3. The van der Waals surface area contributed by atoms with Crippen LogP contribution >= 0.6 is 0 Å². The maximum absolute atomic E-state index is 10.1. The fourth-order valence-electron chi connectivity index (χ4n) is 2.75. The van der Waals surface area contributed by atoms with Gasteiger partial charge in [-0.05, 0) is 32.6 Å². The van der Waals surface area contributed by atoms with Crippen LogP contribution in [0.15, 0.2) is 0 Å². The molecule has 3 heteroatoms. The number of β-amino-alcohol motifs (C(OH)–C–C–N with tert-alkyl or cyclic N) is 1. The lowest BCUT2D eigenvalue weighted by atomic mass is 10.0. The Kier molecular flexibility index (Phi) is 3.33. The Bertz CT molecular complexity index is 218. The molecule has 2 fully saturated rings. The number of rotatable bonds is 3. The molecule has 1 saturated heterocycles. The smallest absolute Gasteiger partial charge is 0.0743 e. The zero-order valence-electron chi connectivity index (χ0n) is 9.91. The molecule has 88 valence electrons. The van der Waals surface area contributed by atoms with Crippen molar-refractivity contribution in [1.29, 1.82) is 0 Å². The zero-order valence-corrected chi connectivity index (χ0v) is 9.91. The number of morpholine rings is 1. The van der Waals surface area contributed by atoms with E-state index < -0.39 is 5.60 Å². The number of hydrogen-bond donors (Lipinski definition) is 1. The van der Waals surface area contributed by atoms with Crippen LogP contribution in [-0.2, 0) is 4.74 Å². The lowest BCUT2D eigenvalue weighted by Gasteiger charge is -2.41. The minimum Gasteiger partial charge on any atom is -0.389 e. The number of ether oxygens (including phenoxy) is 1. The average molecular weight is 213 g/mol. The molecular formula is C12H23NO2. The second-order valence-electron chi connectivity index (χ2n) is 5.23. The summed E-state index contributed by atoms with van der Waals surface area (Å²) in [4.78, 5) is 2.44. The van der Waals surface area contributed by atoms with Gasteiger partial charge in [0.15, 0.2) is 0 Å². The molecule has 0 aromatic carbocycles. The summed E-state index contributed by atoms with van der Waals surface area (Å²) in [7, 11) is 0. The third-order valence-electron chi connectivity index (χ3n) is 3.90. The fraction of sp³-hybridized carbons (Fsp3) is 1.00. The molecule has 2 rings (SSSR count). The highest BCUT2D eigenvalue weighted by Crippen LogP contribution is 2.30. The highest BCUT2D eigenvalue weighted by Gasteiger charge is 2.38. The SMILES string of the molecule is CCC(C)(O)CN1CCOC2CCCC21. The summed E-state index contributed by atoms with van der Waals surface area (Å²) in [5, 5.41) is 10.1. The van der Waals surface area contributed by atoms with E-state index in [1.54, 1.807) is 0 Å². The van der Waals surface area contributed by atoms with Gasteiger partial charge in [0.2, 0.25) is 0 Å². The van der Waals surface area contributed by atoms with Crippen LogP contribution in [0.5, 0.6) is 0 Å². The second-order valence-corrected chi connectivity index (χ2v) is 5.23. The third-order valence-corrected chi connectivity index (χ3v) is 3.90. The largest absolute Gasteiger partial charge is 0.389 e. The second kappa shape index (κ2) is 4.40. The molecule has 0 bridgehead atoms. The van der Waals surface area contributed by atoms with E-state index in [1.165, 1.54) is 19.3 Å². The van der Waals surface area contributed by atoms with Crippen LogP contribution in [0.4, 0.5) is 0 Å². The third kappa shape index (κ3) is 2.52. The fourth-order valence-corrected chi connectivity index (χ4v) is 2.75. The van der Waals surface area contributed by atoms with Crippen molar-refractivity contribution in [3.05, 3.63) is 0 Å². The topological polar surface area (TPSA) is 32.7 Å². The first kappa shape index (κ1) is 11.4. The van der Waals surface area contributed by atoms with Crippen molar-refractivity contribution in [2.24, 2.45) is 0 Å². The van der Waals surface area contributed by atoms with Crippen LogP contribution in [0.25, 0.3) is 0 Å². The predicted octanol–water partition coefficient (Wildman–Crippen LogP) is 1.40. The Morgan fingerprint density at radius 1 is 1.47 bits per heavy atom. The van der Waals surface area contributed by atoms with E-state index in [0.717, 1.165) is 26.1 Å². The first-order chi connectivity index (χ1) is 7.12. The minimum absolute atomic E-state index is 0.436. The van der Waals surface area contributed by atoms with Gasteiger partial charge in [0.1, 0.15) is 0 Å². The molecule has 2 aliphatic rings. The van der Waals surface area contributed by atoms with E-state index >= 15 is 0 Å². The lowest BCUT2D eigenvalue weighted by molar-refractivity contribution is -0.0842. The average Bonchev–Trinajstić information content (AvgIpc) is 2.66. The van der Waals surface area contributed by atoms with Gasteiger partial charge >= 0.3 is 0 Å². The Labute approximate surface area is 92.4 Å². The van der Waals surface area contributed by atoms with Gasteiger partial charge in [-0.1, -0.05) is 6.92 Å². The number of aliphatic hydroxyl groups is 1. The van der Waals surface area contributed by atoms with Crippen molar-refractivity contribution in [1.82, 2.24) is 4.90 Å². The molecule has 3 atom stereocenters. The molecule has 0 aromatic rings. The van der Waals surface area contributed by atoms with Gasteiger partial charge < -0.3 is 9.84 Å². The van der Waals surface area contributed by atoms with Crippen LogP contribution in [0, 0.1) is 0 Å². The van der Waals surface area contributed by atoms with Crippen molar-refractivity contribution >= 4 is 0 Å². The van der Waals surface area contributed by atoms with Crippen LogP contribution in [0.3, 0.4) is 0 Å². The van der Waals surface area contributed by atoms with E-state index in [4.69, 9.17) is 4.74 Å². The zero-order chi connectivity index (χ0) is 10.9. The van der Waals surface area contributed by atoms with Gasteiger partial charge in [-0.15, -0.1) is 0 Å². The van der Waals surface area contributed by atoms with Crippen molar-refractivity contribution in [3.63, 3.8) is 0 Å².